The predicted octanol–water partition coefficient (Wildman–Crippen LogP) is 2.02. The van der Waals surface area contributed by atoms with Gasteiger partial charge in [0.15, 0.2) is 0 Å². The van der Waals surface area contributed by atoms with Crippen molar-refractivity contribution in [2.75, 3.05) is 13.1 Å². The molecule has 0 spiro atoms. The van der Waals surface area contributed by atoms with Gasteiger partial charge < -0.3 is 15.0 Å². The van der Waals surface area contributed by atoms with Gasteiger partial charge >= 0.3 is 5.97 Å². The van der Waals surface area contributed by atoms with Gasteiger partial charge in [0, 0.05) is 31.6 Å². The van der Waals surface area contributed by atoms with Gasteiger partial charge in [-0.3, -0.25) is 28.9 Å². The summed E-state index contributed by atoms with van der Waals surface area (Å²) in [6.45, 7) is 3.64. The van der Waals surface area contributed by atoms with Crippen molar-refractivity contribution in [1.82, 2.24) is 15.1 Å². The zero-order valence-electron chi connectivity index (χ0n) is 18.9. The summed E-state index contributed by atoms with van der Waals surface area (Å²) in [6.07, 6.45) is 1.08. The average molecular weight is 463 g/mol. The predicted molar refractivity (Wildman–Crippen MR) is 121 cm³/mol. The highest BCUT2D eigenvalue weighted by atomic mass is 16.5. The maximum atomic E-state index is 13.1. The van der Waals surface area contributed by atoms with Crippen LogP contribution in [0.25, 0.3) is 0 Å². The van der Waals surface area contributed by atoms with Crippen LogP contribution in [0.4, 0.5) is 0 Å². The molecule has 4 amide bonds. The van der Waals surface area contributed by atoms with Crippen LogP contribution in [0.15, 0.2) is 48.5 Å². The van der Waals surface area contributed by atoms with Crippen LogP contribution >= 0.6 is 0 Å². The largest absolute Gasteiger partial charge is 0.427 e. The number of hydrogen-bond acceptors (Lipinski definition) is 6. The lowest BCUT2D eigenvalue weighted by Crippen LogP contribution is -2.53. The number of carbonyl (C=O) groups excluding carboxylic acids is 5. The van der Waals surface area contributed by atoms with Crippen molar-refractivity contribution in [3.05, 3.63) is 65.2 Å². The fraction of sp³-hybridized carbons (Fsp3) is 0.320. The first-order valence-electron chi connectivity index (χ1n) is 11.1. The Morgan fingerprint density at radius 2 is 1.59 bits per heavy atom. The molecule has 0 radical (unpaired) electrons. The lowest BCUT2D eigenvalue weighted by Gasteiger charge is -2.35. The molecule has 2 heterocycles. The minimum Gasteiger partial charge on any atom is -0.427 e. The number of hydrogen-bond donors (Lipinski definition) is 1. The lowest BCUT2D eigenvalue weighted by molar-refractivity contribution is -0.136. The summed E-state index contributed by atoms with van der Waals surface area (Å²) < 4.78 is 5.02. The van der Waals surface area contributed by atoms with E-state index in [1.165, 1.54) is 13.0 Å². The van der Waals surface area contributed by atoms with E-state index in [0.29, 0.717) is 48.4 Å². The number of ether oxygens (including phenoxy) is 1. The van der Waals surface area contributed by atoms with E-state index in [9.17, 15) is 24.0 Å². The Morgan fingerprint density at radius 1 is 0.971 bits per heavy atom. The zero-order chi connectivity index (χ0) is 24.4. The number of imide groups is 1. The molecule has 1 saturated heterocycles. The van der Waals surface area contributed by atoms with Crippen LogP contribution in [0.1, 0.15) is 57.8 Å². The topological polar surface area (TPSA) is 113 Å². The number of fused-ring (bicyclic) bond motifs is 1. The van der Waals surface area contributed by atoms with Crippen LogP contribution in [-0.4, -0.2) is 64.6 Å². The van der Waals surface area contributed by atoms with E-state index in [1.807, 2.05) is 0 Å². The van der Waals surface area contributed by atoms with Crippen LogP contribution in [0.5, 0.6) is 5.75 Å². The van der Waals surface area contributed by atoms with Crippen LogP contribution in [0.2, 0.25) is 0 Å². The van der Waals surface area contributed by atoms with Crippen molar-refractivity contribution < 1.29 is 28.7 Å². The van der Waals surface area contributed by atoms with Crippen LogP contribution in [0, 0.1) is 0 Å². The maximum absolute atomic E-state index is 13.1. The van der Waals surface area contributed by atoms with E-state index in [1.54, 1.807) is 54.3 Å². The summed E-state index contributed by atoms with van der Waals surface area (Å²) in [5.41, 5.74) is 0.995. The number of nitrogens with one attached hydrogen (secondary N) is 1. The fourth-order valence-corrected chi connectivity index (χ4v) is 4.31. The fourth-order valence-electron chi connectivity index (χ4n) is 4.31. The van der Waals surface area contributed by atoms with Crippen molar-refractivity contribution in [3.8, 4) is 5.75 Å². The molecule has 2 aliphatic rings. The molecule has 176 valence electrons. The van der Waals surface area contributed by atoms with Crippen molar-refractivity contribution in [2.45, 2.75) is 38.8 Å². The molecule has 1 N–H and O–H groups in total. The molecule has 0 saturated carbocycles. The van der Waals surface area contributed by atoms with Crippen molar-refractivity contribution in [1.29, 1.82) is 0 Å². The molecular weight excluding hydrogens is 438 g/mol. The third-order valence-corrected chi connectivity index (χ3v) is 6.07. The summed E-state index contributed by atoms with van der Waals surface area (Å²) in [5.74, 6) is -1.68. The summed E-state index contributed by atoms with van der Waals surface area (Å²) in [7, 11) is 0. The van der Waals surface area contributed by atoms with E-state index in [0.717, 1.165) is 4.90 Å². The van der Waals surface area contributed by atoms with Crippen molar-refractivity contribution in [2.24, 2.45) is 0 Å². The van der Waals surface area contributed by atoms with Gasteiger partial charge in [-0.1, -0.05) is 18.2 Å². The molecule has 2 aliphatic heterocycles. The second kappa shape index (κ2) is 9.46. The first-order chi connectivity index (χ1) is 16.3. The minimum absolute atomic E-state index is 0.136. The van der Waals surface area contributed by atoms with Crippen molar-refractivity contribution in [3.63, 3.8) is 0 Å². The zero-order valence-corrected chi connectivity index (χ0v) is 18.9. The molecule has 1 fully saturated rings. The Hall–Kier alpha value is -4.01. The van der Waals surface area contributed by atoms with E-state index in [4.69, 9.17) is 4.74 Å². The first kappa shape index (κ1) is 23.2. The quantitative estimate of drug-likeness (QED) is 0.412. The summed E-state index contributed by atoms with van der Waals surface area (Å²) in [6, 6.07) is 11.9. The third-order valence-electron chi connectivity index (χ3n) is 6.07. The molecule has 2 aromatic rings. The van der Waals surface area contributed by atoms with E-state index < -0.39 is 23.8 Å². The molecule has 0 aliphatic carbocycles. The molecule has 1 unspecified atom stereocenters. The standard InChI is InChI=1S/C25H25N3O6/c1-15(28-24(32)20-8-3-4-9-21(20)25(28)33)23(31)27-12-10-18(11-13-27)26-22(30)17-6-5-7-19(14-17)34-16(2)29/h3-9,14-15,18H,10-13H2,1-2H3,(H,26,30). The molecule has 1 atom stereocenters. The number of piperidine rings is 1. The van der Waals surface area contributed by atoms with E-state index >= 15 is 0 Å². The molecule has 9 nitrogen and oxygen atoms in total. The molecular formula is C25H25N3O6. The Kier molecular flexibility index (Phi) is 6.45. The second-order valence-electron chi connectivity index (χ2n) is 8.40. The number of benzene rings is 2. The SMILES string of the molecule is CC(=O)Oc1cccc(C(=O)NC2CCN(C(=O)C(C)N3C(=O)c4ccccc4C3=O)CC2)c1. The van der Waals surface area contributed by atoms with E-state index in [2.05, 4.69) is 5.32 Å². The summed E-state index contributed by atoms with van der Waals surface area (Å²) in [5, 5.41) is 2.95. The molecule has 9 heteroatoms. The monoisotopic (exact) mass is 463 g/mol. The number of amides is 4. The number of likely N-dealkylation sites (tertiary alicyclic amines) is 1. The maximum Gasteiger partial charge on any atom is 0.308 e. The van der Waals surface area contributed by atoms with Gasteiger partial charge in [-0.15, -0.1) is 0 Å². The highest BCUT2D eigenvalue weighted by Gasteiger charge is 2.42. The van der Waals surface area contributed by atoms with Gasteiger partial charge in [-0.2, -0.15) is 0 Å². The van der Waals surface area contributed by atoms with Gasteiger partial charge in [-0.25, -0.2) is 0 Å². The Balaban J connectivity index is 1.33. The van der Waals surface area contributed by atoms with Gasteiger partial charge in [0.1, 0.15) is 11.8 Å². The molecule has 34 heavy (non-hydrogen) atoms. The normalized spacial score (nSPS) is 16.8. The number of rotatable bonds is 5. The third kappa shape index (κ3) is 4.54. The number of esters is 1. The second-order valence-corrected chi connectivity index (χ2v) is 8.40. The smallest absolute Gasteiger partial charge is 0.308 e. The Labute approximate surface area is 196 Å². The van der Waals surface area contributed by atoms with Crippen LogP contribution in [-0.2, 0) is 9.59 Å². The van der Waals surface area contributed by atoms with Crippen LogP contribution in [0.3, 0.4) is 0 Å². The molecule has 2 aromatic carbocycles. The number of nitrogens with zero attached hydrogens (tertiary/aromatic N) is 2. The Bertz CT molecular complexity index is 1130. The van der Waals surface area contributed by atoms with Gasteiger partial charge in [0.05, 0.1) is 11.1 Å². The van der Waals surface area contributed by atoms with Gasteiger partial charge in [0.2, 0.25) is 5.91 Å². The molecule has 4 rings (SSSR count). The minimum atomic E-state index is -0.914. The van der Waals surface area contributed by atoms with Gasteiger partial charge in [0.25, 0.3) is 17.7 Å². The lowest BCUT2D eigenvalue weighted by atomic mass is 10.0. The Morgan fingerprint density at radius 3 is 2.18 bits per heavy atom. The first-order valence-corrected chi connectivity index (χ1v) is 11.1. The van der Waals surface area contributed by atoms with Crippen LogP contribution < -0.4 is 10.1 Å². The summed E-state index contributed by atoms with van der Waals surface area (Å²) >= 11 is 0. The summed E-state index contributed by atoms with van der Waals surface area (Å²) in [4.78, 5) is 64.8. The van der Waals surface area contributed by atoms with Crippen molar-refractivity contribution >= 4 is 29.6 Å². The molecule has 0 bridgehead atoms. The van der Waals surface area contributed by atoms with Gasteiger partial charge in [-0.05, 0) is 50.1 Å². The highest BCUT2D eigenvalue weighted by Crippen LogP contribution is 2.26. The number of carbonyl (C=O) groups is 5. The van der Waals surface area contributed by atoms with E-state index in [-0.39, 0.29) is 17.9 Å². The molecule has 0 aromatic heterocycles. The highest BCUT2D eigenvalue weighted by molar-refractivity contribution is 6.22. The average Bonchev–Trinajstić information content (AvgIpc) is 3.08.